The molecule has 0 bridgehead atoms. The predicted molar refractivity (Wildman–Crippen MR) is 173 cm³/mol. The van der Waals surface area contributed by atoms with E-state index in [1.54, 1.807) is 40.3 Å². The quantitative estimate of drug-likeness (QED) is 0.306. The van der Waals surface area contributed by atoms with Gasteiger partial charge in [0.2, 0.25) is 20.2 Å². The van der Waals surface area contributed by atoms with Gasteiger partial charge in [-0.1, -0.05) is 19.1 Å². The molecule has 1 aromatic carbocycles. The molecule has 3 aliphatic rings. The van der Waals surface area contributed by atoms with Crippen LogP contribution in [0.1, 0.15) is 63.7 Å². The predicted octanol–water partition coefficient (Wildman–Crippen LogP) is 3.91. The Balaban J connectivity index is 0.00000200. The Morgan fingerprint density at radius 1 is 1.24 bits per heavy atom. The van der Waals surface area contributed by atoms with Crippen molar-refractivity contribution < 1.29 is 38.3 Å². The number of carbonyl (C=O) groups is 3. The molecule has 45 heavy (non-hydrogen) atoms. The normalized spacial score (nSPS) is 23.5. The zero-order valence-corrected chi connectivity index (χ0v) is 26.3. The summed E-state index contributed by atoms with van der Waals surface area (Å²) in [7, 11) is -2.78. The number of nitrogens with one attached hydrogen (secondary N) is 1. The van der Waals surface area contributed by atoms with Crippen molar-refractivity contribution in [3.8, 4) is 6.07 Å². The van der Waals surface area contributed by atoms with Crippen LogP contribution >= 0.6 is 19.7 Å². The number of nitrogens with zero attached hydrogens (tertiary/aromatic N) is 4. The summed E-state index contributed by atoms with van der Waals surface area (Å²) < 4.78 is 14.9. The van der Waals surface area contributed by atoms with Crippen LogP contribution in [0.3, 0.4) is 0 Å². The Morgan fingerprint density at radius 2 is 2.02 bits per heavy atom. The minimum Gasteiger partial charge on any atom is -0.412 e. The second kappa shape index (κ2) is 13.1. The molecule has 0 spiro atoms. The lowest BCUT2D eigenvalue weighted by Gasteiger charge is -2.47. The number of amides is 3. The second-order valence-corrected chi connectivity index (χ2v) is 14.1. The molecule has 3 aromatic rings. The van der Waals surface area contributed by atoms with Gasteiger partial charge in [0.05, 0.1) is 16.6 Å². The minimum atomic E-state index is -2.78. The van der Waals surface area contributed by atoms with Gasteiger partial charge >= 0.3 is 0 Å². The molecule has 6 rings (SSSR count). The fourth-order valence-corrected chi connectivity index (χ4v) is 7.90. The zero-order chi connectivity index (χ0) is 31.2. The summed E-state index contributed by atoms with van der Waals surface area (Å²) in [6.07, 6.45) is 4.30. The maximum atomic E-state index is 14.2. The molecule has 244 valence electrons. The van der Waals surface area contributed by atoms with Crippen molar-refractivity contribution in [3.05, 3.63) is 64.8 Å². The zero-order valence-electron chi connectivity index (χ0n) is 24.6. The van der Waals surface area contributed by atoms with Crippen LogP contribution in [-0.2, 0) is 15.0 Å². The topological polar surface area (TPSA) is 178 Å². The average Bonchev–Trinajstić information content (AvgIpc) is 3.58. The standard InChI is InChI=1S/C31H33FN5O5PS.H2O.3H2/c1-2-23(30(40)36-16-31(15-33,17-36)26-5-3-4-9-34-26)37-10-8-18-11-20(18)13-22(29(37)39)35-28(38)25-14-21-12-19(27(32)43(41)42)6-7-24(21)44-25;;;;/h3-7,9,12,14,18,20,22-23,27,41-42H,2,8,10-11,13,16-17H2,1H3,(H,35,38);1H2;3*1H/t18-,20-,22+,23+,27-;;;;/m1..../s1. The summed E-state index contributed by atoms with van der Waals surface area (Å²) >= 11 is 1.20. The number of hydrogen-bond acceptors (Lipinski definition) is 8. The maximum absolute atomic E-state index is 14.2. The van der Waals surface area contributed by atoms with E-state index in [0.717, 1.165) is 17.5 Å². The van der Waals surface area contributed by atoms with Crippen LogP contribution in [0.2, 0.25) is 0 Å². The molecule has 0 radical (unpaired) electrons. The van der Waals surface area contributed by atoms with Crippen LogP contribution < -0.4 is 5.32 Å². The van der Waals surface area contributed by atoms with Gasteiger partial charge in [-0.15, -0.1) is 11.3 Å². The Hall–Kier alpha value is -3.53. The molecule has 14 heteroatoms. The van der Waals surface area contributed by atoms with E-state index in [1.807, 2.05) is 13.0 Å². The Bertz CT molecular complexity index is 1640. The third-order valence-corrected chi connectivity index (χ3v) is 10.9. The number of pyridine rings is 1. The van der Waals surface area contributed by atoms with Crippen molar-refractivity contribution in [1.29, 1.82) is 5.26 Å². The van der Waals surface area contributed by atoms with E-state index in [0.29, 0.717) is 47.2 Å². The van der Waals surface area contributed by atoms with Crippen LogP contribution in [0.5, 0.6) is 0 Å². The van der Waals surface area contributed by atoms with Crippen LogP contribution in [0.4, 0.5) is 4.39 Å². The van der Waals surface area contributed by atoms with Crippen molar-refractivity contribution in [3.63, 3.8) is 0 Å². The highest BCUT2D eigenvalue weighted by molar-refractivity contribution is 7.45. The number of aromatic nitrogens is 1. The summed E-state index contributed by atoms with van der Waals surface area (Å²) in [6.45, 7) is 2.70. The molecule has 2 aromatic heterocycles. The SMILES string of the molecule is CC[C@@H](C(=O)N1CC(C#N)(c2ccccn2)C1)N1CC[C@@H]2C[C@@H]2C[C@H](NC(=O)c2cc3cc([C@H](F)P(O)O)ccc3s2)C1=O.O.[HH].[HH].[HH]. The molecule has 1 aliphatic carbocycles. The lowest BCUT2D eigenvalue weighted by molar-refractivity contribution is -0.151. The molecule has 1 saturated carbocycles. The lowest BCUT2D eigenvalue weighted by atomic mass is 9.77. The number of thiophene rings is 1. The summed E-state index contributed by atoms with van der Waals surface area (Å²) in [5, 5.41) is 13.5. The average molecular weight is 662 g/mol. The van der Waals surface area contributed by atoms with E-state index in [9.17, 15) is 33.8 Å². The molecule has 5 N–H and O–H groups in total. The molecule has 11 nitrogen and oxygen atoms in total. The highest BCUT2D eigenvalue weighted by atomic mass is 32.1. The maximum Gasteiger partial charge on any atom is 0.262 e. The first-order valence-electron chi connectivity index (χ1n) is 14.7. The number of benzene rings is 1. The van der Waals surface area contributed by atoms with Gasteiger partial charge in [-0.25, -0.2) is 4.39 Å². The number of halogens is 1. The third-order valence-electron chi connectivity index (χ3n) is 9.13. The number of fused-ring (bicyclic) bond motifs is 2. The molecule has 2 aliphatic heterocycles. The van der Waals surface area contributed by atoms with E-state index in [2.05, 4.69) is 16.4 Å². The van der Waals surface area contributed by atoms with Crippen LogP contribution in [0, 0.1) is 23.2 Å². The Labute approximate surface area is 269 Å². The van der Waals surface area contributed by atoms with E-state index < -0.39 is 37.7 Å². The lowest BCUT2D eigenvalue weighted by Crippen LogP contribution is -2.65. The molecular formula is C31H41FN5O6PS. The highest BCUT2D eigenvalue weighted by Gasteiger charge is 2.51. The van der Waals surface area contributed by atoms with Crippen molar-refractivity contribution in [2.45, 2.75) is 56.0 Å². The molecule has 3 fully saturated rings. The van der Waals surface area contributed by atoms with Crippen LogP contribution in [0.15, 0.2) is 48.7 Å². The summed E-state index contributed by atoms with van der Waals surface area (Å²) in [6, 6.07) is 12.4. The largest absolute Gasteiger partial charge is 0.412 e. The van der Waals surface area contributed by atoms with Crippen LogP contribution in [0.25, 0.3) is 10.1 Å². The monoisotopic (exact) mass is 661 g/mol. The summed E-state index contributed by atoms with van der Waals surface area (Å²) in [5.41, 5.74) is -0.130. The number of rotatable bonds is 8. The van der Waals surface area contributed by atoms with E-state index in [1.165, 1.54) is 23.5 Å². The smallest absolute Gasteiger partial charge is 0.262 e. The van der Waals surface area contributed by atoms with Crippen molar-refractivity contribution >= 4 is 47.5 Å². The fraction of sp³-hybridized carbons (Fsp3) is 0.452. The van der Waals surface area contributed by atoms with Gasteiger partial charge in [0.1, 0.15) is 17.5 Å². The first-order valence-corrected chi connectivity index (χ1v) is 16.8. The fourth-order valence-electron chi connectivity index (χ4n) is 6.52. The number of nitriles is 1. The molecule has 5 atom stereocenters. The molecule has 2 saturated heterocycles. The number of carbonyl (C=O) groups excluding carboxylic acids is 3. The summed E-state index contributed by atoms with van der Waals surface area (Å²) in [5.74, 6) is -2.05. The molecule has 0 unspecified atom stereocenters. The Kier molecular flexibility index (Phi) is 9.54. The first-order chi connectivity index (χ1) is 21.1. The number of hydrogen-bond donors (Lipinski definition) is 3. The van der Waals surface area contributed by atoms with E-state index >= 15 is 0 Å². The van der Waals surface area contributed by atoms with Gasteiger partial charge < -0.3 is 30.4 Å². The van der Waals surface area contributed by atoms with Gasteiger partial charge in [-0.3, -0.25) is 19.4 Å². The van der Waals surface area contributed by atoms with Crippen molar-refractivity contribution in [1.82, 2.24) is 20.1 Å². The van der Waals surface area contributed by atoms with E-state index in [-0.39, 0.29) is 40.2 Å². The molecule has 4 heterocycles. The first kappa shape index (κ1) is 32.9. The van der Waals surface area contributed by atoms with Crippen LogP contribution in [-0.4, -0.2) is 79.5 Å². The Morgan fingerprint density at radius 3 is 2.69 bits per heavy atom. The number of alkyl halides is 1. The van der Waals surface area contributed by atoms with Crippen molar-refractivity contribution in [2.24, 2.45) is 11.8 Å². The molecule has 3 amide bonds. The van der Waals surface area contributed by atoms with Gasteiger partial charge in [0.25, 0.3) is 5.91 Å². The van der Waals surface area contributed by atoms with Gasteiger partial charge in [-0.05, 0) is 78.8 Å². The second-order valence-electron chi connectivity index (χ2n) is 11.9. The third kappa shape index (κ3) is 6.30. The minimum absolute atomic E-state index is 0. The van der Waals surface area contributed by atoms with Gasteiger partial charge in [-0.2, -0.15) is 5.26 Å². The van der Waals surface area contributed by atoms with E-state index in [4.69, 9.17) is 0 Å². The number of likely N-dealkylation sites (tertiary alicyclic amines) is 2. The summed E-state index contributed by atoms with van der Waals surface area (Å²) in [4.78, 5) is 67.7. The van der Waals surface area contributed by atoms with Gasteiger partial charge in [0, 0.05) is 34.8 Å². The van der Waals surface area contributed by atoms with Gasteiger partial charge in [0.15, 0.2) is 5.91 Å². The highest BCUT2D eigenvalue weighted by Crippen LogP contribution is 2.47. The molecular weight excluding hydrogens is 620 g/mol. The van der Waals surface area contributed by atoms with Crippen molar-refractivity contribution in [2.75, 3.05) is 19.6 Å².